The first-order valence-corrected chi connectivity index (χ1v) is 6.94. The van der Waals surface area contributed by atoms with Gasteiger partial charge in [0.05, 0.1) is 6.10 Å². The van der Waals surface area contributed by atoms with Gasteiger partial charge in [-0.1, -0.05) is 13.8 Å². The van der Waals surface area contributed by atoms with Crippen molar-refractivity contribution >= 4 is 0 Å². The van der Waals surface area contributed by atoms with E-state index < -0.39 is 0 Å². The third-order valence-electron chi connectivity index (χ3n) is 3.75. The van der Waals surface area contributed by atoms with Crippen molar-refractivity contribution in [2.24, 2.45) is 5.92 Å². The van der Waals surface area contributed by atoms with E-state index in [0.717, 1.165) is 19.4 Å². The minimum atomic E-state index is 0.379. The zero-order valence-electron chi connectivity index (χ0n) is 11.6. The molecule has 0 radical (unpaired) electrons. The van der Waals surface area contributed by atoms with Crippen molar-refractivity contribution in [2.45, 2.75) is 51.8 Å². The Hall–Kier alpha value is -0.930. The molecule has 3 heteroatoms. The van der Waals surface area contributed by atoms with Crippen LogP contribution in [0.2, 0.25) is 0 Å². The van der Waals surface area contributed by atoms with Crippen molar-refractivity contribution < 1.29 is 4.74 Å². The maximum absolute atomic E-state index is 5.81. The first-order chi connectivity index (χ1) is 8.66. The number of pyridine rings is 1. The van der Waals surface area contributed by atoms with Crippen LogP contribution in [0, 0.1) is 5.92 Å². The first kappa shape index (κ1) is 13.5. The number of ether oxygens (including phenoxy) is 1. The van der Waals surface area contributed by atoms with Gasteiger partial charge in [0, 0.05) is 31.1 Å². The molecule has 2 heterocycles. The summed E-state index contributed by atoms with van der Waals surface area (Å²) in [5.41, 5.74) is 1.30. The highest BCUT2D eigenvalue weighted by Gasteiger charge is 2.25. The molecule has 100 valence electrons. The van der Waals surface area contributed by atoms with Crippen LogP contribution in [0.4, 0.5) is 0 Å². The molecule has 18 heavy (non-hydrogen) atoms. The van der Waals surface area contributed by atoms with E-state index in [1.807, 2.05) is 12.4 Å². The number of nitrogens with one attached hydrogen (secondary N) is 1. The zero-order chi connectivity index (χ0) is 13.0. The highest BCUT2D eigenvalue weighted by Crippen LogP contribution is 2.22. The van der Waals surface area contributed by atoms with E-state index in [0.29, 0.717) is 24.1 Å². The van der Waals surface area contributed by atoms with Crippen LogP contribution in [0.5, 0.6) is 0 Å². The normalized spacial score (nSPS) is 26.2. The summed E-state index contributed by atoms with van der Waals surface area (Å²) in [6.45, 7) is 7.57. The fraction of sp³-hybridized carbons (Fsp3) is 0.667. The summed E-state index contributed by atoms with van der Waals surface area (Å²) in [5, 5.41) is 3.71. The van der Waals surface area contributed by atoms with Gasteiger partial charge in [-0.25, -0.2) is 0 Å². The quantitative estimate of drug-likeness (QED) is 0.889. The van der Waals surface area contributed by atoms with E-state index in [2.05, 4.69) is 43.2 Å². The smallest absolute Gasteiger partial charge is 0.0612 e. The maximum atomic E-state index is 5.81. The molecule has 1 saturated heterocycles. The molecule has 2 rings (SSSR count). The summed E-state index contributed by atoms with van der Waals surface area (Å²) in [7, 11) is 0. The van der Waals surface area contributed by atoms with Crippen molar-refractivity contribution in [3.8, 4) is 0 Å². The second-order valence-electron chi connectivity index (χ2n) is 5.54. The third-order valence-corrected chi connectivity index (χ3v) is 3.75. The zero-order valence-corrected chi connectivity index (χ0v) is 11.6. The van der Waals surface area contributed by atoms with Gasteiger partial charge >= 0.3 is 0 Å². The lowest BCUT2D eigenvalue weighted by molar-refractivity contribution is -0.0257. The van der Waals surface area contributed by atoms with Gasteiger partial charge in [-0.3, -0.25) is 4.98 Å². The summed E-state index contributed by atoms with van der Waals surface area (Å²) in [6.07, 6.45) is 6.34. The average Bonchev–Trinajstić information content (AvgIpc) is 2.40. The van der Waals surface area contributed by atoms with Crippen LogP contribution in [-0.2, 0) is 4.74 Å². The van der Waals surface area contributed by atoms with Crippen LogP contribution < -0.4 is 5.32 Å². The number of hydrogen-bond donors (Lipinski definition) is 1. The molecule has 0 saturated carbocycles. The molecular weight excluding hydrogens is 224 g/mol. The van der Waals surface area contributed by atoms with E-state index in [1.54, 1.807) is 0 Å². The van der Waals surface area contributed by atoms with Crippen LogP contribution in [0.15, 0.2) is 24.5 Å². The SMILES string of the molecule is CC(NC1CCOC(C(C)C)C1)c1ccncc1. The van der Waals surface area contributed by atoms with Crippen LogP contribution in [-0.4, -0.2) is 23.7 Å². The molecular formula is C15H24N2O. The summed E-state index contributed by atoms with van der Waals surface area (Å²) < 4.78 is 5.81. The molecule has 1 aromatic rings. The molecule has 1 fully saturated rings. The minimum absolute atomic E-state index is 0.379. The highest BCUT2D eigenvalue weighted by molar-refractivity contribution is 5.14. The molecule has 0 bridgehead atoms. The number of aromatic nitrogens is 1. The summed E-state index contributed by atoms with van der Waals surface area (Å²) >= 11 is 0. The Balaban J connectivity index is 1.89. The Kier molecular flexibility index (Phi) is 4.72. The first-order valence-electron chi connectivity index (χ1n) is 6.94. The molecule has 0 aliphatic carbocycles. The Morgan fingerprint density at radius 2 is 2.00 bits per heavy atom. The van der Waals surface area contributed by atoms with Gasteiger partial charge in [0.15, 0.2) is 0 Å². The molecule has 1 aliphatic rings. The number of nitrogens with zero attached hydrogens (tertiary/aromatic N) is 1. The molecule has 3 nitrogen and oxygen atoms in total. The van der Waals surface area contributed by atoms with E-state index >= 15 is 0 Å². The lowest BCUT2D eigenvalue weighted by atomic mass is 9.94. The van der Waals surface area contributed by atoms with Gasteiger partial charge in [-0.2, -0.15) is 0 Å². The van der Waals surface area contributed by atoms with E-state index in [4.69, 9.17) is 4.74 Å². The average molecular weight is 248 g/mol. The molecule has 1 aliphatic heterocycles. The Labute approximate surface area is 110 Å². The van der Waals surface area contributed by atoms with E-state index in [-0.39, 0.29) is 0 Å². The highest BCUT2D eigenvalue weighted by atomic mass is 16.5. The van der Waals surface area contributed by atoms with Crippen molar-refractivity contribution in [1.82, 2.24) is 10.3 Å². The second-order valence-corrected chi connectivity index (χ2v) is 5.54. The predicted octanol–water partition coefficient (Wildman–Crippen LogP) is 2.94. The number of hydrogen-bond acceptors (Lipinski definition) is 3. The lowest BCUT2D eigenvalue weighted by Crippen LogP contribution is -2.41. The van der Waals surface area contributed by atoms with Gasteiger partial charge in [0.2, 0.25) is 0 Å². The topological polar surface area (TPSA) is 34.1 Å². The molecule has 1 aromatic heterocycles. The lowest BCUT2D eigenvalue weighted by Gasteiger charge is -2.34. The van der Waals surface area contributed by atoms with Crippen LogP contribution in [0.1, 0.15) is 45.2 Å². The molecule has 0 amide bonds. The monoisotopic (exact) mass is 248 g/mol. The molecule has 1 N–H and O–H groups in total. The third kappa shape index (κ3) is 3.53. The van der Waals surface area contributed by atoms with Crippen molar-refractivity contribution in [1.29, 1.82) is 0 Å². The Morgan fingerprint density at radius 1 is 1.28 bits per heavy atom. The van der Waals surface area contributed by atoms with Crippen LogP contribution in [0.25, 0.3) is 0 Å². The standard InChI is InChI=1S/C15H24N2O/c1-11(2)15-10-14(6-9-18-15)17-12(3)13-4-7-16-8-5-13/h4-5,7-8,11-12,14-15,17H,6,9-10H2,1-3H3. The van der Waals surface area contributed by atoms with E-state index in [1.165, 1.54) is 5.56 Å². The van der Waals surface area contributed by atoms with Gasteiger partial charge in [-0.15, -0.1) is 0 Å². The fourth-order valence-electron chi connectivity index (χ4n) is 2.55. The molecule has 3 atom stereocenters. The van der Waals surface area contributed by atoms with Gasteiger partial charge in [0.25, 0.3) is 0 Å². The predicted molar refractivity (Wildman–Crippen MR) is 73.4 cm³/mol. The van der Waals surface area contributed by atoms with Crippen LogP contribution in [0.3, 0.4) is 0 Å². The van der Waals surface area contributed by atoms with Crippen molar-refractivity contribution in [3.63, 3.8) is 0 Å². The van der Waals surface area contributed by atoms with Gasteiger partial charge in [0.1, 0.15) is 0 Å². The Morgan fingerprint density at radius 3 is 2.67 bits per heavy atom. The van der Waals surface area contributed by atoms with Gasteiger partial charge < -0.3 is 10.1 Å². The molecule has 3 unspecified atom stereocenters. The summed E-state index contributed by atoms with van der Waals surface area (Å²) in [5.74, 6) is 0.603. The van der Waals surface area contributed by atoms with Crippen LogP contribution >= 0.6 is 0 Å². The van der Waals surface area contributed by atoms with Gasteiger partial charge in [-0.05, 0) is 43.4 Å². The second kappa shape index (κ2) is 6.30. The van der Waals surface area contributed by atoms with Crippen molar-refractivity contribution in [2.75, 3.05) is 6.61 Å². The summed E-state index contributed by atoms with van der Waals surface area (Å²) in [6, 6.07) is 5.10. The Bertz CT molecular complexity index is 353. The van der Waals surface area contributed by atoms with E-state index in [9.17, 15) is 0 Å². The molecule has 0 spiro atoms. The fourth-order valence-corrected chi connectivity index (χ4v) is 2.55. The van der Waals surface area contributed by atoms with Crippen molar-refractivity contribution in [3.05, 3.63) is 30.1 Å². The number of rotatable bonds is 4. The molecule has 0 aromatic carbocycles. The largest absolute Gasteiger partial charge is 0.378 e. The summed E-state index contributed by atoms with van der Waals surface area (Å²) in [4.78, 5) is 4.06. The minimum Gasteiger partial charge on any atom is -0.378 e. The maximum Gasteiger partial charge on any atom is 0.0612 e.